The van der Waals surface area contributed by atoms with E-state index in [1.165, 1.54) is 16.7 Å². The van der Waals surface area contributed by atoms with Crippen molar-refractivity contribution in [2.45, 2.75) is 13.1 Å². The third-order valence-corrected chi connectivity index (χ3v) is 5.87. The van der Waals surface area contributed by atoms with Crippen molar-refractivity contribution < 1.29 is 4.79 Å². The highest BCUT2D eigenvalue weighted by atomic mass is 35.5. The number of hydrogen-bond acceptors (Lipinski definition) is 5. The third-order valence-electron chi connectivity index (χ3n) is 5.04. The predicted octanol–water partition coefficient (Wildman–Crippen LogP) is 5.06. The van der Waals surface area contributed by atoms with Crippen molar-refractivity contribution in [1.82, 2.24) is 10.3 Å². The molecule has 0 saturated carbocycles. The zero-order valence-corrected chi connectivity index (χ0v) is 21.7. The maximum Gasteiger partial charge on any atom is 0.204 e. The fourth-order valence-corrected chi connectivity index (χ4v) is 4.01. The molecule has 0 saturated heterocycles. The Balaban J connectivity index is 0.00000137. The lowest BCUT2D eigenvalue weighted by molar-refractivity contribution is -0.106. The van der Waals surface area contributed by atoms with Crippen molar-refractivity contribution in [1.29, 1.82) is 0 Å². The summed E-state index contributed by atoms with van der Waals surface area (Å²) in [6.07, 6.45) is 2.40. The van der Waals surface area contributed by atoms with Gasteiger partial charge in [-0.3, -0.25) is 4.79 Å². The lowest BCUT2D eigenvalue weighted by Crippen LogP contribution is -2.20. The van der Waals surface area contributed by atoms with Crippen LogP contribution in [0.15, 0.2) is 82.9 Å². The molecule has 0 aromatic heterocycles. The highest BCUT2D eigenvalue weighted by molar-refractivity contribution is 7.98. The first-order chi connectivity index (χ1) is 17.0. The Morgan fingerprint density at radius 2 is 1.80 bits per heavy atom. The fourth-order valence-electron chi connectivity index (χ4n) is 3.33. The van der Waals surface area contributed by atoms with Crippen LogP contribution < -0.4 is 11.2 Å². The summed E-state index contributed by atoms with van der Waals surface area (Å²) in [5, 5.41) is 5.01. The summed E-state index contributed by atoms with van der Waals surface area (Å²) in [4.78, 5) is 14.9. The molecule has 3 aromatic rings. The van der Waals surface area contributed by atoms with Crippen molar-refractivity contribution in [3.63, 3.8) is 0 Å². The van der Waals surface area contributed by atoms with Gasteiger partial charge in [-0.2, -0.15) is 16.9 Å². The zero-order valence-electron chi connectivity index (χ0n) is 20.2. The molecule has 0 aliphatic rings. The SMILES string of the molecule is C=N/C(=N\NCc1ccc(-c2cccc(CN(C)CCSC)c2)cc1)c1cccc(Cl)c1.NC=O. The summed E-state index contributed by atoms with van der Waals surface area (Å²) >= 11 is 7.94. The number of nitrogens with one attached hydrogen (secondary N) is 1. The monoisotopic (exact) mass is 509 g/mol. The molecule has 0 unspecified atom stereocenters. The van der Waals surface area contributed by atoms with Crippen molar-refractivity contribution in [3.05, 3.63) is 94.5 Å². The summed E-state index contributed by atoms with van der Waals surface area (Å²) in [6, 6.07) is 24.7. The summed E-state index contributed by atoms with van der Waals surface area (Å²) in [7, 11) is 2.17. The van der Waals surface area contributed by atoms with Crippen molar-refractivity contribution in [3.8, 4) is 11.1 Å². The van der Waals surface area contributed by atoms with Crippen LogP contribution in [0.4, 0.5) is 0 Å². The molecule has 0 heterocycles. The van der Waals surface area contributed by atoms with Crippen LogP contribution in [0, 0.1) is 0 Å². The second-order valence-corrected chi connectivity index (χ2v) is 9.12. The molecule has 3 N–H and O–H groups in total. The predicted molar refractivity (Wildman–Crippen MR) is 151 cm³/mol. The Morgan fingerprint density at radius 3 is 2.46 bits per heavy atom. The maximum atomic E-state index is 8.58. The lowest BCUT2D eigenvalue weighted by atomic mass is 10.0. The standard InChI is InChI=1S/C26H29ClN4S.CH3NO/c1-28-26(24-8-5-9-25(27)17-24)30-29-18-20-10-12-22(13-11-20)23-7-4-6-21(16-23)19-31(2)14-15-32-3;2-1-3/h4-13,16-17,29H,1,14-15,18-19H2,2-3H3;1H,(H2,2,3)/b30-26-;. The number of hydrazone groups is 1. The van der Waals surface area contributed by atoms with E-state index in [2.05, 4.69) is 94.7 Å². The minimum Gasteiger partial charge on any atom is -0.372 e. The molecule has 0 aliphatic carbocycles. The molecule has 1 amide bonds. The number of amides is 1. The fraction of sp³-hybridized carbons (Fsp3) is 0.222. The summed E-state index contributed by atoms with van der Waals surface area (Å²) in [5.41, 5.74) is 13.0. The number of aliphatic imine (C=N–C) groups is 1. The molecule has 0 spiro atoms. The van der Waals surface area contributed by atoms with Gasteiger partial charge in [-0.05, 0) is 60.5 Å². The number of nitrogens with zero attached hydrogens (tertiary/aromatic N) is 3. The van der Waals surface area contributed by atoms with Gasteiger partial charge in [0.15, 0.2) is 5.84 Å². The minimum atomic E-state index is 0.250. The second-order valence-electron chi connectivity index (χ2n) is 7.70. The Bertz CT molecular complexity index is 1100. The molecule has 35 heavy (non-hydrogen) atoms. The molecule has 0 bridgehead atoms. The van der Waals surface area contributed by atoms with E-state index in [0.29, 0.717) is 17.4 Å². The molecule has 3 rings (SSSR count). The lowest BCUT2D eigenvalue weighted by Gasteiger charge is -2.16. The van der Waals surface area contributed by atoms with Gasteiger partial charge in [-0.25, -0.2) is 4.99 Å². The number of thioether (sulfide) groups is 1. The molecule has 0 radical (unpaired) electrons. The van der Waals surface area contributed by atoms with Crippen LogP contribution in [0.3, 0.4) is 0 Å². The van der Waals surface area contributed by atoms with Crippen LogP contribution in [0.2, 0.25) is 5.02 Å². The number of carbonyl (C=O) groups excluding carboxylic acids is 1. The molecule has 0 atom stereocenters. The van der Waals surface area contributed by atoms with E-state index in [1.807, 2.05) is 36.0 Å². The summed E-state index contributed by atoms with van der Waals surface area (Å²) < 4.78 is 0. The van der Waals surface area contributed by atoms with Crippen LogP contribution in [0.1, 0.15) is 16.7 Å². The molecular formula is C27H32ClN5OS. The first kappa shape index (κ1) is 28.1. The Morgan fingerprint density at radius 1 is 1.09 bits per heavy atom. The largest absolute Gasteiger partial charge is 0.372 e. The molecule has 0 fully saturated rings. The number of amidine groups is 1. The number of hydrogen-bond donors (Lipinski definition) is 2. The van der Waals surface area contributed by atoms with Crippen LogP contribution in [0.25, 0.3) is 11.1 Å². The Labute approximate surface area is 217 Å². The van der Waals surface area contributed by atoms with Crippen molar-refractivity contribution >= 4 is 42.3 Å². The van der Waals surface area contributed by atoms with Gasteiger partial charge >= 0.3 is 0 Å². The second kappa shape index (κ2) is 15.7. The quantitative estimate of drug-likeness (QED) is 0.173. The highest BCUT2D eigenvalue weighted by Gasteiger charge is 2.04. The summed E-state index contributed by atoms with van der Waals surface area (Å²) in [5.74, 6) is 1.67. The smallest absolute Gasteiger partial charge is 0.204 e. The normalized spacial score (nSPS) is 10.9. The van der Waals surface area contributed by atoms with Crippen LogP contribution in [-0.4, -0.2) is 49.5 Å². The molecule has 3 aromatic carbocycles. The van der Waals surface area contributed by atoms with Gasteiger partial charge in [-0.15, -0.1) is 0 Å². The molecule has 184 valence electrons. The topological polar surface area (TPSA) is 83.1 Å². The van der Waals surface area contributed by atoms with Crippen LogP contribution in [0.5, 0.6) is 0 Å². The van der Waals surface area contributed by atoms with E-state index in [4.69, 9.17) is 16.4 Å². The van der Waals surface area contributed by atoms with E-state index in [1.54, 1.807) is 0 Å². The Kier molecular flexibility index (Phi) is 12.6. The number of carbonyl (C=O) groups is 1. The first-order valence-electron chi connectivity index (χ1n) is 11.0. The van der Waals surface area contributed by atoms with Gasteiger partial charge in [0.2, 0.25) is 6.41 Å². The average molecular weight is 510 g/mol. The van der Waals surface area contributed by atoms with Gasteiger partial charge in [0.1, 0.15) is 0 Å². The number of benzene rings is 3. The third kappa shape index (κ3) is 9.94. The van der Waals surface area contributed by atoms with Gasteiger partial charge in [0.25, 0.3) is 0 Å². The minimum absolute atomic E-state index is 0.250. The van der Waals surface area contributed by atoms with Crippen LogP contribution in [-0.2, 0) is 17.9 Å². The van der Waals surface area contributed by atoms with Gasteiger partial charge in [0, 0.05) is 29.4 Å². The van der Waals surface area contributed by atoms with E-state index in [0.717, 1.165) is 30.0 Å². The molecule has 6 nitrogen and oxygen atoms in total. The van der Waals surface area contributed by atoms with E-state index >= 15 is 0 Å². The van der Waals surface area contributed by atoms with Crippen molar-refractivity contribution in [2.75, 3.05) is 25.6 Å². The maximum absolute atomic E-state index is 8.58. The highest BCUT2D eigenvalue weighted by Crippen LogP contribution is 2.22. The number of rotatable bonds is 10. The number of nitrogens with two attached hydrogens (primary N) is 1. The van der Waals surface area contributed by atoms with E-state index in [9.17, 15) is 0 Å². The van der Waals surface area contributed by atoms with Gasteiger partial charge < -0.3 is 16.1 Å². The summed E-state index contributed by atoms with van der Waals surface area (Å²) in [6.45, 7) is 6.26. The number of halogens is 1. The van der Waals surface area contributed by atoms with Gasteiger partial charge in [-0.1, -0.05) is 66.2 Å². The van der Waals surface area contributed by atoms with Gasteiger partial charge in [0.05, 0.1) is 6.54 Å². The molecule has 0 aliphatic heterocycles. The van der Waals surface area contributed by atoms with Crippen LogP contribution >= 0.6 is 23.4 Å². The first-order valence-corrected chi connectivity index (χ1v) is 12.8. The van der Waals surface area contributed by atoms with E-state index in [-0.39, 0.29) is 6.41 Å². The molecule has 8 heteroatoms. The van der Waals surface area contributed by atoms with E-state index < -0.39 is 0 Å². The van der Waals surface area contributed by atoms with Crippen molar-refractivity contribution in [2.24, 2.45) is 15.8 Å². The Hall–Kier alpha value is -3.13. The number of primary amides is 1. The zero-order chi connectivity index (χ0) is 25.5. The molecular weight excluding hydrogens is 478 g/mol. The average Bonchev–Trinajstić information content (AvgIpc) is 2.86.